The summed E-state index contributed by atoms with van der Waals surface area (Å²) < 4.78 is 0. The van der Waals surface area contributed by atoms with Gasteiger partial charge in [0.05, 0.1) is 6.10 Å². The van der Waals surface area contributed by atoms with E-state index in [9.17, 15) is 5.11 Å². The van der Waals surface area contributed by atoms with Crippen LogP contribution in [-0.4, -0.2) is 10.1 Å². The van der Waals surface area contributed by atoms with Crippen molar-refractivity contribution in [2.24, 2.45) is 0 Å². The van der Waals surface area contributed by atoms with Gasteiger partial charge in [-0.3, -0.25) is 4.98 Å². The smallest absolute Gasteiger partial charge is 0.0790 e. The van der Waals surface area contributed by atoms with E-state index in [0.29, 0.717) is 0 Å². The number of aliphatic hydroxyl groups excluding tert-OH is 1. The molecule has 3 N–H and O–H groups in total. The minimum Gasteiger partial charge on any atom is -0.398 e. The van der Waals surface area contributed by atoms with Gasteiger partial charge in [0.25, 0.3) is 0 Å². The van der Waals surface area contributed by atoms with E-state index in [-0.39, 0.29) is 0 Å². The van der Waals surface area contributed by atoms with Crippen molar-refractivity contribution in [1.82, 2.24) is 4.98 Å². The maximum atomic E-state index is 10.0. The third kappa shape index (κ3) is 3.31. The first-order valence-corrected chi connectivity index (χ1v) is 6.19. The van der Waals surface area contributed by atoms with Crippen LogP contribution in [0.3, 0.4) is 0 Å². The maximum Gasteiger partial charge on any atom is 0.0790 e. The lowest BCUT2D eigenvalue weighted by Crippen LogP contribution is -2.00. The average molecular weight is 242 g/mol. The van der Waals surface area contributed by atoms with Crippen molar-refractivity contribution < 1.29 is 5.11 Å². The Morgan fingerprint density at radius 3 is 2.67 bits per heavy atom. The van der Waals surface area contributed by atoms with Crippen LogP contribution in [-0.2, 0) is 6.42 Å². The molecule has 1 heterocycles. The molecule has 3 nitrogen and oxygen atoms in total. The van der Waals surface area contributed by atoms with E-state index in [2.05, 4.69) is 4.98 Å². The molecule has 0 aliphatic rings. The molecular weight excluding hydrogens is 224 g/mol. The molecule has 1 aromatic heterocycles. The normalized spacial score (nSPS) is 12.3. The van der Waals surface area contributed by atoms with Crippen molar-refractivity contribution in [2.75, 3.05) is 5.73 Å². The van der Waals surface area contributed by atoms with Crippen LogP contribution in [0.5, 0.6) is 0 Å². The zero-order valence-electron chi connectivity index (χ0n) is 10.3. The predicted molar refractivity (Wildman–Crippen MR) is 73.0 cm³/mol. The number of benzene rings is 1. The van der Waals surface area contributed by atoms with E-state index < -0.39 is 6.10 Å². The molecular formula is C15H18N2O. The molecule has 18 heavy (non-hydrogen) atoms. The number of aryl methyl sites for hydroxylation is 1. The van der Waals surface area contributed by atoms with Crippen LogP contribution in [0, 0.1) is 0 Å². The first-order valence-electron chi connectivity index (χ1n) is 6.19. The lowest BCUT2D eigenvalue weighted by molar-refractivity contribution is 0.164. The highest BCUT2D eigenvalue weighted by Gasteiger charge is 2.07. The Morgan fingerprint density at radius 2 is 1.94 bits per heavy atom. The largest absolute Gasteiger partial charge is 0.398 e. The van der Waals surface area contributed by atoms with E-state index >= 15 is 0 Å². The van der Waals surface area contributed by atoms with Gasteiger partial charge in [-0.25, -0.2) is 0 Å². The lowest BCUT2D eigenvalue weighted by Gasteiger charge is -2.11. The zero-order valence-corrected chi connectivity index (χ0v) is 10.3. The van der Waals surface area contributed by atoms with Gasteiger partial charge in [-0.2, -0.15) is 0 Å². The molecule has 0 aliphatic carbocycles. The second-order valence-corrected chi connectivity index (χ2v) is 4.39. The van der Waals surface area contributed by atoms with Gasteiger partial charge in [0.2, 0.25) is 0 Å². The summed E-state index contributed by atoms with van der Waals surface area (Å²) in [6.07, 6.45) is 5.57. The summed E-state index contributed by atoms with van der Waals surface area (Å²) in [5.74, 6) is 0. The van der Waals surface area contributed by atoms with E-state index in [4.69, 9.17) is 5.73 Å². The number of nitrogen functional groups attached to an aromatic ring is 1. The predicted octanol–water partition coefficient (Wildman–Crippen LogP) is 2.72. The van der Waals surface area contributed by atoms with Gasteiger partial charge >= 0.3 is 0 Å². The van der Waals surface area contributed by atoms with Crippen molar-refractivity contribution in [3.05, 3.63) is 59.9 Å². The van der Waals surface area contributed by atoms with Crippen LogP contribution in [0.1, 0.15) is 30.1 Å². The fraction of sp³-hybridized carbons (Fsp3) is 0.267. The SMILES string of the molecule is Nc1ccncc1CCCC(O)c1ccccc1. The van der Waals surface area contributed by atoms with Crippen molar-refractivity contribution in [2.45, 2.75) is 25.4 Å². The first kappa shape index (κ1) is 12.6. The van der Waals surface area contributed by atoms with Crippen LogP contribution in [0.25, 0.3) is 0 Å². The van der Waals surface area contributed by atoms with Crippen LogP contribution in [0.4, 0.5) is 5.69 Å². The standard InChI is InChI=1S/C15H18N2O/c16-14-9-10-17-11-13(14)7-4-8-15(18)12-5-2-1-3-6-12/h1-3,5-6,9-11,15,18H,4,7-8H2,(H2,16,17). The summed E-state index contributed by atoms with van der Waals surface area (Å²) in [5, 5.41) is 10.0. The third-order valence-corrected chi connectivity index (χ3v) is 3.05. The molecule has 0 saturated carbocycles. The Balaban J connectivity index is 1.84. The second-order valence-electron chi connectivity index (χ2n) is 4.39. The maximum absolute atomic E-state index is 10.0. The molecule has 0 spiro atoms. The van der Waals surface area contributed by atoms with Gasteiger partial charge in [-0.05, 0) is 36.5 Å². The summed E-state index contributed by atoms with van der Waals surface area (Å²) in [7, 11) is 0. The quantitative estimate of drug-likeness (QED) is 0.847. The van der Waals surface area contributed by atoms with E-state index in [1.807, 2.05) is 36.4 Å². The van der Waals surface area contributed by atoms with Crippen LogP contribution < -0.4 is 5.73 Å². The van der Waals surface area contributed by atoms with Gasteiger partial charge in [-0.1, -0.05) is 30.3 Å². The van der Waals surface area contributed by atoms with Crippen molar-refractivity contribution >= 4 is 5.69 Å². The molecule has 2 rings (SSSR count). The Labute approximate surface area is 107 Å². The number of aliphatic hydroxyl groups is 1. The first-order chi connectivity index (χ1) is 8.77. The highest BCUT2D eigenvalue weighted by molar-refractivity contribution is 5.44. The molecule has 0 bridgehead atoms. The number of hydrogen-bond donors (Lipinski definition) is 2. The van der Waals surface area contributed by atoms with Gasteiger partial charge < -0.3 is 10.8 Å². The molecule has 1 unspecified atom stereocenters. The molecule has 1 atom stereocenters. The number of anilines is 1. The molecule has 1 aromatic carbocycles. The average Bonchev–Trinajstić information content (AvgIpc) is 2.42. The Kier molecular flexibility index (Phi) is 4.31. The second kappa shape index (κ2) is 6.17. The molecule has 3 heteroatoms. The number of aromatic nitrogens is 1. The van der Waals surface area contributed by atoms with E-state index in [1.54, 1.807) is 12.4 Å². The fourth-order valence-corrected chi connectivity index (χ4v) is 1.97. The van der Waals surface area contributed by atoms with Crippen molar-refractivity contribution in [3.8, 4) is 0 Å². The van der Waals surface area contributed by atoms with Gasteiger partial charge in [0, 0.05) is 18.1 Å². The lowest BCUT2D eigenvalue weighted by atomic mass is 10.0. The highest BCUT2D eigenvalue weighted by Crippen LogP contribution is 2.20. The summed E-state index contributed by atoms with van der Waals surface area (Å²) in [4.78, 5) is 4.06. The Bertz CT molecular complexity index is 485. The number of hydrogen-bond acceptors (Lipinski definition) is 3. The summed E-state index contributed by atoms with van der Waals surface area (Å²) >= 11 is 0. The van der Waals surface area contributed by atoms with Crippen LogP contribution >= 0.6 is 0 Å². The summed E-state index contributed by atoms with van der Waals surface area (Å²) in [5.41, 5.74) is 8.65. The molecule has 0 radical (unpaired) electrons. The third-order valence-electron chi connectivity index (χ3n) is 3.05. The minimum atomic E-state index is -0.399. The summed E-state index contributed by atoms with van der Waals surface area (Å²) in [6.45, 7) is 0. The number of pyridine rings is 1. The van der Waals surface area contributed by atoms with Gasteiger partial charge in [0.1, 0.15) is 0 Å². The number of nitrogens with zero attached hydrogens (tertiary/aromatic N) is 1. The topological polar surface area (TPSA) is 59.1 Å². The molecule has 0 aliphatic heterocycles. The van der Waals surface area contributed by atoms with Crippen LogP contribution in [0.15, 0.2) is 48.8 Å². The molecule has 0 fully saturated rings. The van der Waals surface area contributed by atoms with E-state index in [0.717, 1.165) is 36.1 Å². The Morgan fingerprint density at radius 1 is 1.17 bits per heavy atom. The monoisotopic (exact) mass is 242 g/mol. The minimum absolute atomic E-state index is 0.399. The number of nitrogens with two attached hydrogens (primary N) is 1. The summed E-state index contributed by atoms with van der Waals surface area (Å²) in [6, 6.07) is 11.5. The molecule has 0 saturated heterocycles. The fourth-order valence-electron chi connectivity index (χ4n) is 1.97. The van der Waals surface area contributed by atoms with Gasteiger partial charge in [0.15, 0.2) is 0 Å². The zero-order chi connectivity index (χ0) is 12.8. The van der Waals surface area contributed by atoms with Crippen LogP contribution in [0.2, 0.25) is 0 Å². The van der Waals surface area contributed by atoms with Gasteiger partial charge in [-0.15, -0.1) is 0 Å². The molecule has 0 amide bonds. The molecule has 94 valence electrons. The number of rotatable bonds is 5. The van der Waals surface area contributed by atoms with E-state index in [1.165, 1.54) is 0 Å². The van der Waals surface area contributed by atoms with Crippen molar-refractivity contribution in [3.63, 3.8) is 0 Å². The highest BCUT2D eigenvalue weighted by atomic mass is 16.3. The van der Waals surface area contributed by atoms with Crippen molar-refractivity contribution in [1.29, 1.82) is 0 Å². The Hall–Kier alpha value is -1.87. The molecule has 2 aromatic rings.